The SMILES string of the molecule is Cc1[nH]nc(CO)c1S(=O)(=O)NCCOCC(F)(F)F. The summed E-state index contributed by atoms with van der Waals surface area (Å²) < 4.78 is 65.5. The molecule has 0 saturated carbocycles. The van der Waals surface area contributed by atoms with Crippen LogP contribution in [0.3, 0.4) is 0 Å². The van der Waals surface area contributed by atoms with E-state index in [4.69, 9.17) is 5.11 Å². The van der Waals surface area contributed by atoms with Gasteiger partial charge in [0, 0.05) is 6.54 Å². The molecule has 0 aliphatic rings. The molecule has 1 aromatic rings. The number of nitrogens with zero attached hydrogens (tertiary/aromatic N) is 1. The van der Waals surface area contributed by atoms with Gasteiger partial charge in [0.15, 0.2) is 0 Å². The normalized spacial score (nSPS) is 12.8. The predicted octanol–water partition coefficient (Wildman–Crippen LogP) is 0.0676. The molecule has 3 N–H and O–H groups in total. The number of rotatable bonds is 7. The lowest BCUT2D eigenvalue weighted by atomic mass is 10.4. The maximum Gasteiger partial charge on any atom is 0.411 e. The van der Waals surface area contributed by atoms with Crippen molar-refractivity contribution < 1.29 is 31.4 Å². The highest BCUT2D eigenvalue weighted by Gasteiger charge is 2.27. The lowest BCUT2D eigenvalue weighted by molar-refractivity contribution is -0.173. The first-order chi connectivity index (χ1) is 9.17. The third kappa shape index (κ3) is 4.74. The average Bonchev–Trinajstić information content (AvgIpc) is 2.69. The Morgan fingerprint density at radius 3 is 2.65 bits per heavy atom. The van der Waals surface area contributed by atoms with Gasteiger partial charge in [0.05, 0.1) is 18.9 Å². The number of ether oxygens (including phenoxy) is 1. The van der Waals surface area contributed by atoms with Gasteiger partial charge >= 0.3 is 6.18 Å². The number of sulfonamides is 1. The summed E-state index contributed by atoms with van der Waals surface area (Å²) in [5.74, 6) is 0. The first kappa shape index (κ1) is 16.9. The molecule has 0 unspecified atom stereocenters. The Kier molecular flexibility index (Phi) is 5.50. The number of halogens is 3. The minimum atomic E-state index is -4.45. The number of aryl methyl sites for hydroxylation is 1. The van der Waals surface area contributed by atoms with E-state index < -0.39 is 36.0 Å². The van der Waals surface area contributed by atoms with E-state index in [1.54, 1.807) is 0 Å². The topological polar surface area (TPSA) is 104 Å². The fourth-order valence-corrected chi connectivity index (χ4v) is 2.81. The molecule has 0 aromatic carbocycles. The van der Waals surface area contributed by atoms with Crippen LogP contribution in [0.1, 0.15) is 11.4 Å². The molecule has 1 aromatic heterocycles. The number of alkyl halides is 3. The smallest absolute Gasteiger partial charge is 0.390 e. The highest BCUT2D eigenvalue weighted by Crippen LogP contribution is 2.17. The van der Waals surface area contributed by atoms with Crippen molar-refractivity contribution in [3.8, 4) is 0 Å². The molecule has 0 radical (unpaired) electrons. The van der Waals surface area contributed by atoms with E-state index in [2.05, 4.69) is 19.7 Å². The van der Waals surface area contributed by atoms with Crippen LogP contribution in [0.4, 0.5) is 13.2 Å². The number of aromatic nitrogens is 2. The second-order valence-corrected chi connectivity index (χ2v) is 5.55. The van der Waals surface area contributed by atoms with Gasteiger partial charge in [-0.1, -0.05) is 0 Å². The van der Waals surface area contributed by atoms with E-state index in [1.807, 2.05) is 0 Å². The third-order valence-corrected chi connectivity index (χ3v) is 3.85. The van der Waals surface area contributed by atoms with Gasteiger partial charge in [-0.25, -0.2) is 13.1 Å². The van der Waals surface area contributed by atoms with Gasteiger partial charge < -0.3 is 9.84 Å². The summed E-state index contributed by atoms with van der Waals surface area (Å²) in [6.07, 6.45) is -4.45. The number of aromatic amines is 1. The Morgan fingerprint density at radius 1 is 1.45 bits per heavy atom. The van der Waals surface area contributed by atoms with E-state index in [-0.39, 0.29) is 22.8 Å². The van der Waals surface area contributed by atoms with Crippen LogP contribution in [-0.4, -0.2) is 49.7 Å². The molecule has 0 atom stereocenters. The van der Waals surface area contributed by atoms with Crippen LogP contribution < -0.4 is 4.72 Å². The maximum absolute atomic E-state index is 11.9. The van der Waals surface area contributed by atoms with Crippen LogP contribution in [0.15, 0.2) is 4.90 Å². The maximum atomic E-state index is 11.9. The lowest BCUT2D eigenvalue weighted by Crippen LogP contribution is -2.29. The van der Waals surface area contributed by atoms with Crippen LogP contribution in [0.2, 0.25) is 0 Å². The Balaban J connectivity index is 2.56. The molecule has 116 valence electrons. The van der Waals surface area contributed by atoms with Gasteiger partial charge in [0.1, 0.15) is 17.2 Å². The van der Waals surface area contributed by atoms with Gasteiger partial charge in [0.25, 0.3) is 0 Å². The summed E-state index contributed by atoms with van der Waals surface area (Å²) in [5, 5.41) is 15.0. The molecule has 0 fully saturated rings. The van der Waals surface area contributed by atoms with Crippen molar-refractivity contribution in [2.24, 2.45) is 0 Å². The summed E-state index contributed by atoms with van der Waals surface area (Å²) in [6.45, 7) is -1.33. The van der Waals surface area contributed by atoms with Gasteiger partial charge in [-0.2, -0.15) is 18.3 Å². The van der Waals surface area contributed by atoms with Crippen molar-refractivity contribution in [3.63, 3.8) is 0 Å². The number of hydrogen-bond acceptors (Lipinski definition) is 5. The van der Waals surface area contributed by atoms with Crippen LogP contribution in [0, 0.1) is 6.92 Å². The zero-order valence-electron chi connectivity index (χ0n) is 10.5. The van der Waals surface area contributed by atoms with E-state index in [0.717, 1.165) is 0 Å². The summed E-state index contributed by atoms with van der Waals surface area (Å²) >= 11 is 0. The zero-order valence-corrected chi connectivity index (χ0v) is 11.3. The standard InChI is InChI=1S/C9H14F3N3O4S/c1-6-8(7(4-16)15-14-6)20(17,18)13-2-3-19-5-9(10,11)12/h13,16H,2-5H2,1H3,(H,14,15). The minimum absolute atomic E-state index is 0.0637. The molecule has 7 nitrogen and oxygen atoms in total. The Bertz CT molecular complexity index is 541. The first-order valence-corrected chi connectivity index (χ1v) is 6.94. The zero-order chi connectivity index (χ0) is 15.4. The predicted molar refractivity (Wildman–Crippen MR) is 61.3 cm³/mol. The highest BCUT2D eigenvalue weighted by molar-refractivity contribution is 7.89. The van der Waals surface area contributed by atoms with Gasteiger partial charge in [-0.05, 0) is 6.92 Å². The van der Waals surface area contributed by atoms with Crippen LogP contribution in [-0.2, 0) is 21.4 Å². The number of H-pyrrole nitrogens is 1. The minimum Gasteiger partial charge on any atom is -0.390 e. The summed E-state index contributed by atoms with van der Waals surface area (Å²) in [4.78, 5) is -0.212. The molecule has 0 saturated heterocycles. The Labute approximate surface area is 113 Å². The molecule has 0 amide bonds. The van der Waals surface area contributed by atoms with Crippen molar-refractivity contribution in [1.29, 1.82) is 0 Å². The van der Waals surface area contributed by atoms with E-state index in [9.17, 15) is 21.6 Å². The van der Waals surface area contributed by atoms with Crippen molar-refractivity contribution in [2.75, 3.05) is 19.8 Å². The highest BCUT2D eigenvalue weighted by atomic mass is 32.2. The molecular formula is C9H14F3N3O4S. The third-order valence-electron chi connectivity index (χ3n) is 2.18. The second-order valence-electron chi connectivity index (χ2n) is 3.85. The molecule has 1 rings (SSSR count). The molecule has 1 heterocycles. The molecular weight excluding hydrogens is 303 g/mol. The van der Waals surface area contributed by atoms with Crippen molar-refractivity contribution in [3.05, 3.63) is 11.4 Å². The van der Waals surface area contributed by atoms with Crippen molar-refractivity contribution in [1.82, 2.24) is 14.9 Å². The van der Waals surface area contributed by atoms with E-state index in [0.29, 0.717) is 0 Å². The monoisotopic (exact) mass is 317 g/mol. The fraction of sp³-hybridized carbons (Fsp3) is 0.667. The van der Waals surface area contributed by atoms with Crippen LogP contribution >= 0.6 is 0 Å². The van der Waals surface area contributed by atoms with Crippen molar-refractivity contribution in [2.45, 2.75) is 24.6 Å². The largest absolute Gasteiger partial charge is 0.411 e. The first-order valence-electron chi connectivity index (χ1n) is 5.46. The molecule has 0 spiro atoms. The molecule has 11 heteroatoms. The van der Waals surface area contributed by atoms with Crippen LogP contribution in [0.5, 0.6) is 0 Å². The number of aliphatic hydroxyl groups is 1. The second kappa shape index (κ2) is 6.52. The van der Waals surface area contributed by atoms with Gasteiger partial charge in [-0.3, -0.25) is 5.10 Å². The lowest BCUT2D eigenvalue weighted by Gasteiger charge is -2.09. The molecule has 0 aliphatic heterocycles. The van der Waals surface area contributed by atoms with Crippen molar-refractivity contribution >= 4 is 10.0 Å². The van der Waals surface area contributed by atoms with E-state index in [1.165, 1.54) is 6.92 Å². The fourth-order valence-electron chi connectivity index (χ4n) is 1.44. The molecule has 0 bridgehead atoms. The summed E-state index contributed by atoms with van der Waals surface area (Å²) in [7, 11) is -3.97. The molecule has 0 aliphatic carbocycles. The van der Waals surface area contributed by atoms with Crippen LogP contribution in [0.25, 0.3) is 0 Å². The van der Waals surface area contributed by atoms with Gasteiger partial charge in [-0.15, -0.1) is 0 Å². The Hall–Kier alpha value is -1.17. The molecule has 20 heavy (non-hydrogen) atoms. The number of aliphatic hydroxyl groups excluding tert-OH is 1. The Morgan fingerprint density at radius 2 is 2.10 bits per heavy atom. The number of hydrogen-bond donors (Lipinski definition) is 3. The van der Waals surface area contributed by atoms with E-state index >= 15 is 0 Å². The quantitative estimate of drug-likeness (QED) is 0.617. The summed E-state index contributed by atoms with van der Waals surface area (Å²) in [6, 6.07) is 0. The average molecular weight is 317 g/mol. The summed E-state index contributed by atoms with van der Waals surface area (Å²) in [5.41, 5.74) is 0.156. The van der Waals surface area contributed by atoms with Gasteiger partial charge in [0.2, 0.25) is 10.0 Å². The number of nitrogens with one attached hydrogen (secondary N) is 2.